The number of H-pyrrole nitrogens is 1. The molecule has 1 aliphatic carbocycles. The summed E-state index contributed by atoms with van der Waals surface area (Å²) in [6, 6.07) is 8.65. The number of nitrogens with zero attached hydrogens (tertiary/aromatic N) is 3. The Balaban J connectivity index is 1.42. The third-order valence-corrected chi connectivity index (χ3v) is 7.56. The van der Waals surface area contributed by atoms with Crippen molar-refractivity contribution in [3.63, 3.8) is 0 Å². The van der Waals surface area contributed by atoms with Gasteiger partial charge in [0.1, 0.15) is 0 Å². The van der Waals surface area contributed by atoms with Crippen LogP contribution >= 0.6 is 0 Å². The van der Waals surface area contributed by atoms with Gasteiger partial charge in [0, 0.05) is 30.6 Å². The molecule has 32 heavy (non-hydrogen) atoms. The number of aryl methyl sites for hydroxylation is 1. The van der Waals surface area contributed by atoms with Crippen LogP contribution in [0, 0.1) is 6.92 Å². The van der Waals surface area contributed by atoms with Gasteiger partial charge in [0.15, 0.2) is 0 Å². The normalized spacial score (nSPS) is 18.6. The molecule has 2 fully saturated rings. The summed E-state index contributed by atoms with van der Waals surface area (Å²) in [5.41, 5.74) is 7.79. The Labute approximate surface area is 186 Å². The highest BCUT2D eigenvalue weighted by Crippen LogP contribution is 2.44. The van der Waals surface area contributed by atoms with Crippen molar-refractivity contribution in [1.82, 2.24) is 20.0 Å². The van der Waals surface area contributed by atoms with Crippen LogP contribution in [0.4, 0.5) is 0 Å². The Hall–Kier alpha value is -3.41. The topological polar surface area (TPSA) is 69.3 Å². The SMILES string of the molecule is C=CC(=O)N1CC(N2Cc3c(cc(-c4c(C)ccc5[nH]ncc45)cc3C3CCC3)C2=O)C1. The van der Waals surface area contributed by atoms with Crippen LogP contribution in [0.1, 0.15) is 52.2 Å². The molecule has 1 aromatic heterocycles. The molecule has 3 heterocycles. The minimum absolute atomic E-state index is 0.0634. The average Bonchev–Trinajstić information content (AvgIpc) is 3.31. The minimum Gasteiger partial charge on any atom is -0.335 e. The minimum atomic E-state index is -0.0634. The Bertz CT molecular complexity index is 1280. The number of amides is 2. The highest BCUT2D eigenvalue weighted by atomic mass is 16.2. The van der Waals surface area contributed by atoms with Gasteiger partial charge in [-0.2, -0.15) is 5.10 Å². The van der Waals surface area contributed by atoms with Crippen LogP contribution in [-0.2, 0) is 11.3 Å². The van der Waals surface area contributed by atoms with Gasteiger partial charge in [0.05, 0.1) is 17.8 Å². The maximum absolute atomic E-state index is 13.5. The number of carbonyl (C=O) groups excluding carboxylic acids is 2. The zero-order valence-electron chi connectivity index (χ0n) is 18.2. The van der Waals surface area contributed by atoms with E-state index in [4.69, 9.17) is 0 Å². The lowest BCUT2D eigenvalue weighted by Gasteiger charge is -2.43. The van der Waals surface area contributed by atoms with E-state index < -0.39 is 0 Å². The number of likely N-dealkylation sites (tertiary alicyclic amines) is 1. The van der Waals surface area contributed by atoms with Crippen molar-refractivity contribution in [1.29, 1.82) is 0 Å². The summed E-state index contributed by atoms with van der Waals surface area (Å²) in [4.78, 5) is 29.1. The molecule has 1 saturated heterocycles. The Morgan fingerprint density at radius 1 is 1.25 bits per heavy atom. The molecule has 6 rings (SSSR count). The van der Waals surface area contributed by atoms with E-state index in [2.05, 4.69) is 48.0 Å². The number of aromatic nitrogens is 2. The lowest BCUT2D eigenvalue weighted by molar-refractivity contribution is -0.132. The number of hydrogen-bond donors (Lipinski definition) is 1. The van der Waals surface area contributed by atoms with Gasteiger partial charge in [0.2, 0.25) is 5.91 Å². The molecule has 0 radical (unpaired) electrons. The summed E-state index contributed by atoms with van der Waals surface area (Å²) in [5.74, 6) is 0.558. The first kappa shape index (κ1) is 19.3. The molecule has 6 heteroatoms. The van der Waals surface area contributed by atoms with Crippen molar-refractivity contribution in [2.75, 3.05) is 13.1 Å². The number of hydrogen-bond acceptors (Lipinski definition) is 3. The maximum Gasteiger partial charge on any atom is 0.254 e. The number of nitrogens with one attached hydrogen (secondary N) is 1. The van der Waals surface area contributed by atoms with Crippen molar-refractivity contribution in [2.24, 2.45) is 0 Å². The second-order valence-electron chi connectivity index (χ2n) is 9.34. The molecule has 0 unspecified atom stereocenters. The summed E-state index contributed by atoms with van der Waals surface area (Å²) >= 11 is 0. The van der Waals surface area contributed by atoms with E-state index in [1.54, 1.807) is 4.90 Å². The van der Waals surface area contributed by atoms with Gasteiger partial charge in [0.25, 0.3) is 5.91 Å². The third-order valence-electron chi connectivity index (χ3n) is 7.56. The van der Waals surface area contributed by atoms with E-state index in [9.17, 15) is 9.59 Å². The molecular weight excluding hydrogens is 400 g/mol. The monoisotopic (exact) mass is 426 g/mol. The molecule has 3 aliphatic rings. The van der Waals surface area contributed by atoms with Gasteiger partial charge < -0.3 is 9.80 Å². The molecule has 1 N–H and O–H groups in total. The zero-order chi connectivity index (χ0) is 22.0. The predicted molar refractivity (Wildman–Crippen MR) is 123 cm³/mol. The Kier molecular flexibility index (Phi) is 4.25. The molecule has 162 valence electrons. The quantitative estimate of drug-likeness (QED) is 0.637. The van der Waals surface area contributed by atoms with Crippen molar-refractivity contribution in [3.05, 3.63) is 65.4 Å². The van der Waals surface area contributed by atoms with E-state index in [0.717, 1.165) is 27.6 Å². The highest BCUT2D eigenvalue weighted by Gasteiger charge is 2.42. The summed E-state index contributed by atoms with van der Waals surface area (Å²) in [6.07, 6.45) is 6.84. The van der Waals surface area contributed by atoms with Crippen LogP contribution in [0.15, 0.2) is 43.1 Å². The zero-order valence-corrected chi connectivity index (χ0v) is 18.2. The number of fused-ring (bicyclic) bond motifs is 2. The second kappa shape index (κ2) is 7.05. The van der Waals surface area contributed by atoms with Gasteiger partial charge in [-0.15, -0.1) is 0 Å². The van der Waals surface area contributed by atoms with Crippen LogP contribution in [0.5, 0.6) is 0 Å². The largest absolute Gasteiger partial charge is 0.335 e. The van der Waals surface area contributed by atoms with Gasteiger partial charge in [-0.05, 0) is 71.7 Å². The molecule has 0 bridgehead atoms. The number of rotatable bonds is 4. The Morgan fingerprint density at radius 2 is 2.06 bits per heavy atom. The molecule has 1 saturated carbocycles. The van der Waals surface area contributed by atoms with Crippen LogP contribution in [0.3, 0.4) is 0 Å². The highest BCUT2D eigenvalue weighted by molar-refractivity contribution is 6.03. The van der Waals surface area contributed by atoms with Crippen LogP contribution < -0.4 is 0 Å². The van der Waals surface area contributed by atoms with E-state index in [1.807, 2.05) is 11.1 Å². The summed E-state index contributed by atoms with van der Waals surface area (Å²) < 4.78 is 0. The van der Waals surface area contributed by atoms with Crippen LogP contribution in [0.25, 0.3) is 22.0 Å². The van der Waals surface area contributed by atoms with Crippen molar-refractivity contribution in [2.45, 2.75) is 44.7 Å². The number of carbonyl (C=O) groups is 2. The van der Waals surface area contributed by atoms with Crippen molar-refractivity contribution >= 4 is 22.7 Å². The van der Waals surface area contributed by atoms with Gasteiger partial charge in [-0.1, -0.05) is 25.1 Å². The average molecular weight is 427 g/mol. The molecule has 0 atom stereocenters. The van der Waals surface area contributed by atoms with E-state index in [-0.39, 0.29) is 17.9 Å². The lowest BCUT2D eigenvalue weighted by atomic mass is 9.76. The number of benzene rings is 2. The molecule has 6 nitrogen and oxygen atoms in total. The number of aromatic amines is 1. The van der Waals surface area contributed by atoms with Gasteiger partial charge in [-0.3, -0.25) is 14.7 Å². The van der Waals surface area contributed by atoms with Crippen molar-refractivity contribution < 1.29 is 9.59 Å². The first-order valence-corrected chi connectivity index (χ1v) is 11.4. The molecule has 2 aliphatic heterocycles. The standard InChI is InChI=1S/C26H26N4O2/c1-3-24(31)29-12-18(13-29)30-14-22-19(16-5-4-6-16)9-17(10-20(22)26(30)32)25-15(2)7-8-23-21(25)11-27-28-23/h3,7-11,16,18H,1,4-6,12-14H2,2H3,(H,27,28). The maximum atomic E-state index is 13.5. The second-order valence-corrected chi connectivity index (χ2v) is 9.34. The van der Waals surface area contributed by atoms with Crippen LogP contribution in [0.2, 0.25) is 0 Å². The van der Waals surface area contributed by atoms with Crippen molar-refractivity contribution in [3.8, 4) is 11.1 Å². The first-order valence-electron chi connectivity index (χ1n) is 11.4. The molecular formula is C26H26N4O2. The summed E-state index contributed by atoms with van der Waals surface area (Å²) in [6.45, 7) is 7.50. The fraction of sp³-hybridized carbons (Fsp3) is 0.346. The molecule has 2 aromatic carbocycles. The molecule has 3 aromatic rings. The van der Waals surface area contributed by atoms with Gasteiger partial charge >= 0.3 is 0 Å². The van der Waals surface area contributed by atoms with E-state index in [1.165, 1.54) is 42.0 Å². The fourth-order valence-corrected chi connectivity index (χ4v) is 5.45. The van der Waals surface area contributed by atoms with E-state index >= 15 is 0 Å². The summed E-state index contributed by atoms with van der Waals surface area (Å²) in [7, 11) is 0. The Morgan fingerprint density at radius 3 is 2.78 bits per heavy atom. The lowest BCUT2D eigenvalue weighted by Crippen LogP contribution is -2.60. The predicted octanol–water partition coefficient (Wildman–Crippen LogP) is 4.16. The fourth-order valence-electron chi connectivity index (χ4n) is 5.45. The smallest absolute Gasteiger partial charge is 0.254 e. The third kappa shape index (κ3) is 2.75. The van der Waals surface area contributed by atoms with E-state index in [0.29, 0.717) is 25.6 Å². The van der Waals surface area contributed by atoms with Crippen LogP contribution in [-0.4, -0.2) is 50.9 Å². The van der Waals surface area contributed by atoms with Gasteiger partial charge in [-0.25, -0.2) is 0 Å². The molecule has 0 spiro atoms. The first-order chi connectivity index (χ1) is 15.5. The molecule has 2 amide bonds. The summed E-state index contributed by atoms with van der Waals surface area (Å²) in [5, 5.41) is 8.40.